The van der Waals surface area contributed by atoms with Crippen molar-refractivity contribution in [2.24, 2.45) is 0 Å². The molecular weight excluding hydrogens is 645 g/mol. The van der Waals surface area contributed by atoms with Crippen LogP contribution in [0.25, 0.3) is 77.4 Å². The van der Waals surface area contributed by atoms with E-state index in [2.05, 4.69) is 191 Å². The van der Waals surface area contributed by atoms with E-state index in [1.165, 1.54) is 54.8 Å². The predicted molar refractivity (Wildman–Crippen MR) is 223 cm³/mol. The van der Waals surface area contributed by atoms with E-state index in [4.69, 9.17) is 4.42 Å². The minimum absolute atomic E-state index is 0.889. The number of aryl methyl sites for hydroxylation is 1. The molecule has 0 spiro atoms. The molecule has 0 N–H and O–H groups in total. The number of rotatable bonds is 5. The van der Waals surface area contributed by atoms with E-state index < -0.39 is 0 Å². The molecule has 0 aliphatic heterocycles. The fraction of sp³-hybridized carbons (Fsp3) is 0.0400. The van der Waals surface area contributed by atoms with Gasteiger partial charge in [0.15, 0.2) is 0 Å². The van der Waals surface area contributed by atoms with Crippen molar-refractivity contribution in [1.29, 1.82) is 0 Å². The van der Waals surface area contributed by atoms with Gasteiger partial charge in [-0.1, -0.05) is 103 Å². The highest BCUT2D eigenvalue weighted by Crippen LogP contribution is 2.44. The zero-order valence-electron chi connectivity index (χ0n) is 29.0. The number of anilines is 3. The molecule has 2 aromatic heterocycles. The van der Waals surface area contributed by atoms with Gasteiger partial charge in [-0.3, -0.25) is 0 Å². The van der Waals surface area contributed by atoms with Crippen molar-refractivity contribution in [3.8, 4) is 16.8 Å². The lowest BCUT2D eigenvalue weighted by Gasteiger charge is -2.26. The van der Waals surface area contributed by atoms with E-state index in [0.29, 0.717) is 0 Å². The van der Waals surface area contributed by atoms with Gasteiger partial charge in [-0.05, 0) is 125 Å². The Morgan fingerprint density at radius 3 is 2.02 bits per heavy atom. The van der Waals surface area contributed by atoms with Crippen molar-refractivity contribution in [1.82, 2.24) is 4.57 Å². The Hall–Kier alpha value is -6.84. The quantitative estimate of drug-likeness (QED) is 0.181. The summed E-state index contributed by atoms with van der Waals surface area (Å²) >= 11 is 0. The maximum atomic E-state index is 6.44. The maximum absolute atomic E-state index is 6.44. The molecule has 0 fully saturated rings. The molecule has 2 heterocycles. The van der Waals surface area contributed by atoms with Gasteiger partial charge in [0.1, 0.15) is 11.2 Å². The number of nitrogens with zero attached hydrogens (tertiary/aromatic N) is 2. The molecule has 1 aliphatic rings. The summed E-state index contributed by atoms with van der Waals surface area (Å²) < 4.78 is 8.86. The van der Waals surface area contributed by atoms with Gasteiger partial charge in [0, 0.05) is 44.3 Å². The summed E-state index contributed by atoms with van der Waals surface area (Å²) in [6, 6.07) is 61.5. The average molecular weight is 679 g/mol. The molecule has 0 atom stereocenters. The van der Waals surface area contributed by atoms with Gasteiger partial charge in [-0.2, -0.15) is 0 Å². The van der Waals surface area contributed by atoms with Crippen LogP contribution in [0.1, 0.15) is 17.5 Å². The molecule has 3 nitrogen and oxygen atoms in total. The summed E-state index contributed by atoms with van der Waals surface area (Å²) in [5.74, 6) is 0. The second-order valence-electron chi connectivity index (χ2n) is 14.1. The van der Waals surface area contributed by atoms with Crippen LogP contribution >= 0.6 is 0 Å². The molecule has 1 aliphatic carbocycles. The van der Waals surface area contributed by atoms with Crippen LogP contribution in [0.4, 0.5) is 17.1 Å². The fourth-order valence-electron chi connectivity index (χ4n) is 8.48. The van der Waals surface area contributed by atoms with Gasteiger partial charge in [-0.25, -0.2) is 0 Å². The first kappa shape index (κ1) is 29.8. The molecule has 0 bridgehead atoms. The van der Waals surface area contributed by atoms with Crippen molar-refractivity contribution >= 4 is 77.7 Å². The number of para-hydroxylation sites is 1. The first-order valence-corrected chi connectivity index (χ1v) is 18.4. The fourth-order valence-corrected chi connectivity index (χ4v) is 8.48. The highest BCUT2D eigenvalue weighted by atomic mass is 16.3. The van der Waals surface area contributed by atoms with Gasteiger partial charge in [0.25, 0.3) is 0 Å². The topological polar surface area (TPSA) is 21.3 Å². The number of benzene rings is 8. The number of hydrogen-bond donors (Lipinski definition) is 0. The number of allylic oxidation sites excluding steroid dienone is 1. The Labute approximate surface area is 307 Å². The summed E-state index contributed by atoms with van der Waals surface area (Å²) in [6.45, 7) is 0. The Bertz CT molecular complexity index is 3040. The van der Waals surface area contributed by atoms with Crippen molar-refractivity contribution < 1.29 is 4.42 Å². The summed E-state index contributed by atoms with van der Waals surface area (Å²) in [5.41, 5.74) is 13.8. The van der Waals surface area contributed by atoms with Crippen LogP contribution in [0.3, 0.4) is 0 Å². The molecule has 53 heavy (non-hydrogen) atoms. The zero-order chi connectivity index (χ0) is 34.9. The van der Waals surface area contributed by atoms with Gasteiger partial charge >= 0.3 is 0 Å². The van der Waals surface area contributed by atoms with Crippen molar-refractivity contribution in [3.63, 3.8) is 0 Å². The molecule has 10 aromatic rings. The molecule has 0 saturated carbocycles. The third kappa shape index (κ3) is 4.82. The lowest BCUT2D eigenvalue weighted by molar-refractivity contribution is 0.669. The van der Waals surface area contributed by atoms with Crippen molar-refractivity contribution in [2.75, 3.05) is 4.90 Å². The van der Waals surface area contributed by atoms with Crippen LogP contribution in [0.15, 0.2) is 180 Å². The first-order chi connectivity index (χ1) is 26.3. The summed E-state index contributed by atoms with van der Waals surface area (Å²) in [4.78, 5) is 2.39. The molecule has 0 amide bonds. The lowest BCUT2D eigenvalue weighted by atomic mass is 9.95. The van der Waals surface area contributed by atoms with Crippen molar-refractivity contribution in [3.05, 3.63) is 187 Å². The summed E-state index contributed by atoms with van der Waals surface area (Å²) in [6.07, 6.45) is 6.73. The standard InChI is InChI=1S/C50H34N2O/c1-3-11-33(12-4-1)34-19-22-39(23-20-34)51(41-25-28-48-45(32-41)50-42-18-10-9-13-35(42)21-27-49(50)53-48)40-24-26-46-44(31-40)43-29-36-14-7-8-15-37(36)30-47(43)52(46)38-16-5-2-6-17-38/h1-6,8-13,15-32H,7,14H2. The second kappa shape index (κ2) is 11.9. The molecule has 8 aromatic carbocycles. The largest absolute Gasteiger partial charge is 0.456 e. The Morgan fingerprint density at radius 1 is 0.491 bits per heavy atom. The van der Waals surface area contributed by atoms with E-state index in [0.717, 1.165) is 57.5 Å². The first-order valence-electron chi connectivity index (χ1n) is 18.4. The summed E-state index contributed by atoms with van der Waals surface area (Å²) in [7, 11) is 0. The number of aromatic nitrogens is 1. The Morgan fingerprint density at radius 2 is 1.17 bits per heavy atom. The van der Waals surface area contributed by atoms with Crippen LogP contribution in [0, 0.1) is 0 Å². The van der Waals surface area contributed by atoms with E-state index in [1.807, 2.05) is 0 Å². The molecule has 0 saturated heterocycles. The molecule has 0 unspecified atom stereocenters. The van der Waals surface area contributed by atoms with Crippen LogP contribution in [-0.2, 0) is 6.42 Å². The Kier molecular flexibility index (Phi) is 6.68. The van der Waals surface area contributed by atoms with E-state index in [1.54, 1.807) is 0 Å². The maximum Gasteiger partial charge on any atom is 0.136 e. The lowest BCUT2D eigenvalue weighted by Crippen LogP contribution is -2.09. The minimum atomic E-state index is 0.889. The number of hydrogen-bond acceptors (Lipinski definition) is 2. The smallest absolute Gasteiger partial charge is 0.136 e. The van der Waals surface area contributed by atoms with E-state index in [9.17, 15) is 0 Å². The predicted octanol–water partition coefficient (Wildman–Crippen LogP) is 13.9. The third-order valence-electron chi connectivity index (χ3n) is 11.0. The third-order valence-corrected chi connectivity index (χ3v) is 11.0. The minimum Gasteiger partial charge on any atom is -0.456 e. The van der Waals surface area contributed by atoms with Gasteiger partial charge in [0.05, 0.1) is 11.0 Å². The van der Waals surface area contributed by atoms with E-state index in [-0.39, 0.29) is 0 Å². The van der Waals surface area contributed by atoms with Crippen LogP contribution in [0.5, 0.6) is 0 Å². The van der Waals surface area contributed by atoms with Crippen LogP contribution in [-0.4, -0.2) is 4.57 Å². The molecule has 250 valence electrons. The van der Waals surface area contributed by atoms with Gasteiger partial charge in [-0.15, -0.1) is 0 Å². The average Bonchev–Trinajstić information content (AvgIpc) is 3.76. The monoisotopic (exact) mass is 678 g/mol. The van der Waals surface area contributed by atoms with Crippen LogP contribution in [0.2, 0.25) is 0 Å². The molecule has 11 rings (SSSR count). The van der Waals surface area contributed by atoms with Gasteiger partial charge < -0.3 is 13.9 Å². The highest BCUT2D eigenvalue weighted by molar-refractivity contribution is 6.19. The molecule has 0 radical (unpaired) electrons. The molecular formula is C50H34N2O. The van der Waals surface area contributed by atoms with E-state index >= 15 is 0 Å². The van der Waals surface area contributed by atoms with Crippen LogP contribution < -0.4 is 4.90 Å². The number of fused-ring (bicyclic) bond motifs is 9. The van der Waals surface area contributed by atoms with Crippen molar-refractivity contribution in [2.45, 2.75) is 12.8 Å². The van der Waals surface area contributed by atoms with Gasteiger partial charge in [0.2, 0.25) is 0 Å². The normalized spacial score (nSPS) is 12.7. The molecule has 3 heteroatoms. The SMILES string of the molecule is C1=Cc2cc3c(cc2CC1)c1cc(N(c2ccc(-c4ccccc4)cc2)c2ccc4oc5ccc6ccccc6c5c4c2)ccc1n3-c1ccccc1. The Balaban J connectivity index is 1.16. The second-order valence-corrected chi connectivity index (χ2v) is 14.1. The number of furan rings is 1. The zero-order valence-corrected chi connectivity index (χ0v) is 29.0. The highest BCUT2D eigenvalue weighted by Gasteiger charge is 2.21. The summed E-state index contributed by atoms with van der Waals surface area (Å²) in [5, 5.41) is 7.20.